The van der Waals surface area contributed by atoms with E-state index < -0.39 is 11.7 Å². The molecule has 0 saturated heterocycles. The summed E-state index contributed by atoms with van der Waals surface area (Å²) in [5.74, 6) is 1.53. The fourth-order valence-electron chi connectivity index (χ4n) is 5.32. The molecule has 0 atom stereocenters. The first-order chi connectivity index (χ1) is 23.9. The van der Waals surface area contributed by atoms with Crippen LogP contribution < -0.4 is 9.47 Å². The molecule has 7 nitrogen and oxygen atoms in total. The van der Waals surface area contributed by atoms with Gasteiger partial charge in [-0.1, -0.05) is 47.4 Å². The summed E-state index contributed by atoms with van der Waals surface area (Å²) in [7, 11) is 0. The maximum atomic E-state index is 13.4. The molecule has 254 valence electrons. The van der Waals surface area contributed by atoms with Crippen LogP contribution in [0, 0.1) is 24.3 Å². The van der Waals surface area contributed by atoms with Gasteiger partial charge in [0.1, 0.15) is 0 Å². The number of aromatic nitrogens is 5. The standard InChI is InChI=1S/C39H20F3N5O2.2Pd/c40-39(41,42)27-23-45-38(46-24-27)47-36-21-30(48-28-9-5-7-25(19-28)34-11-1-3-17-43-34)13-15-32(36)33-16-14-31(22-37(33)47)49-29-10-6-8-26(20-29)35-12-2-4-18-44-35;;/h1-18,23-24H;;/q-4;2*+2. The minimum absolute atomic E-state index is 0. The Balaban J connectivity index is 0.00000224. The molecule has 4 heterocycles. The first-order valence-electron chi connectivity index (χ1n) is 14.9. The summed E-state index contributed by atoms with van der Waals surface area (Å²) in [6, 6.07) is 42.3. The van der Waals surface area contributed by atoms with E-state index in [1.54, 1.807) is 41.2 Å². The van der Waals surface area contributed by atoms with Crippen molar-refractivity contribution >= 4 is 21.8 Å². The van der Waals surface area contributed by atoms with Gasteiger partial charge in [0.25, 0.3) is 0 Å². The number of rotatable bonds is 7. The van der Waals surface area contributed by atoms with Crippen molar-refractivity contribution in [2.24, 2.45) is 0 Å². The second-order valence-corrected chi connectivity index (χ2v) is 10.8. The Morgan fingerprint density at radius 2 is 0.980 bits per heavy atom. The smallest absolute Gasteiger partial charge is 0.503 e. The maximum absolute atomic E-state index is 13.4. The number of hydrogen-bond acceptors (Lipinski definition) is 6. The topological polar surface area (TPSA) is 75.0 Å². The van der Waals surface area contributed by atoms with Crippen LogP contribution in [0.5, 0.6) is 23.0 Å². The Bertz CT molecular complexity index is 2300. The largest absolute Gasteiger partial charge is 2.00 e. The van der Waals surface area contributed by atoms with Gasteiger partial charge in [-0.25, -0.2) is 9.97 Å². The van der Waals surface area contributed by atoms with E-state index in [-0.39, 0.29) is 46.8 Å². The van der Waals surface area contributed by atoms with E-state index in [9.17, 15) is 13.2 Å². The predicted molar refractivity (Wildman–Crippen MR) is 176 cm³/mol. The van der Waals surface area contributed by atoms with Crippen LogP contribution in [0.4, 0.5) is 13.2 Å². The Morgan fingerprint density at radius 3 is 1.41 bits per heavy atom. The van der Waals surface area contributed by atoms with Crippen molar-refractivity contribution < 1.29 is 63.5 Å². The molecule has 12 heteroatoms. The van der Waals surface area contributed by atoms with Crippen LogP contribution in [-0.2, 0) is 47.0 Å². The molecule has 0 radical (unpaired) electrons. The number of nitrogens with zero attached hydrogens (tertiary/aromatic N) is 5. The minimum atomic E-state index is -4.60. The number of pyridine rings is 2. The van der Waals surface area contributed by atoms with Crippen molar-refractivity contribution in [2.45, 2.75) is 6.18 Å². The number of benzene rings is 4. The summed E-state index contributed by atoms with van der Waals surface area (Å²) in [5, 5.41) is 1.45. The van der Waals surface area contributed by atoms with E-state index in [2.05, 4.69) is 44.2 Å². The maximum Gasteiger partial charge on any atom is 2.00 e. The average Bonchev–Trinajstić information content (AvgIpc) is 3.45. The van der Waals surface area contributed by atoms with Crippen molar-refractivity contribution in [3.63, 3.8) is 0 Å². The molecule has 0 fully saturated rings. The van der Waals surface area contributed by atoms with Gasteiger partial charge in [-0.2, -0.15) is 36.1 Å². The minimum Gasteiger partial charge on any atom is -0.503 e. The van der Waals surface area contributed by atoms with Crippen LogP contribution in [-0.4, -0.2) is 24.5 Å². The fourth-order valence-corrected chi connectivity index (χ4v) is 5.32. The van der Waals surface area contributed by atoms with Gasteiger partial charge in [-0.05, 0) is 23.5 Å². The zero-order valence-corrected chi connectivity index (χ0v) is 29.0. The van der Waals surface area contributed by atoms with Crippen LogP contribution in [0.25, 0.3) is 50.3 Å². The number of fused-ring (bicyclic) bond motifs is 3. The van der Waals surface area contributed by atoms with Crippen LogP contribution in [0.2, 0.25) is 0 Å². The predicted octanol–water partition coefficient (Wildman–Crippen LogP) is 9.50. The number of alkyl halides is 3. The molecule has 51 heavy (non-hydrogen) atoms. The molecule has 0 aliphatic carbocycles. The van der Waals surface area contributed by atoms with Crippen molar-refractivity contribution in [3.05, 3.63) is 152 Å². The Morgan fingerprint density at radius 1 is 0.510 bits per heavy atom. The molecule has 0 unspecified atom stereocenters. The summed E-state index contributed by atoms with van der Waals surface area (Å²) in [5.41, 5.74) is 2.93. The molecule has 8 rings (SSSR count). The van der Waals surface area contributed by atoms with E-state index >= 15 is 0 Å². The first kappa shape index (κ1) is 35.6. The molecule has 0 saturated carbocycles. The van der Waals surface area contributed by atoms with Gasteiger partial charge >= 0.3 is 47.0 Å². The van der Waals surface area contributed by atoms with E-state index in [0.717, 1.165) is 45.7 Å². The molecule has 0 aliphatic rings. The molecular formula is C39H20F3N5O2Pd2. The van der Waals surface area contributed by atoms with Gasteiger partial charge in [0.05, 0.1) is 5.56 Å². The Hall–Kier alpha value is -5.23. The first-order valence-corrected chi connectivity index (χ1v) is 14.9. The molecule has 0 spiro atoms. The van der Waals surface area contributed by atoms with Crippen LogP contribution in [0.1, 0.15) is 5.56 Å². The number of hydrogen-bond donors (Lipinski definition) is 0. The average molecular weight is 860 g/mol. The Labute approximate surface area is 317 Å². The molecule has 0 N–H and O–H groups in total. The van der Waals surface area contributed by atoms with Crippen molar-refractivity contribution in [2.75, 3.05) is 0 Å². The molecular weight excluding hydrogens is 840 g/mol. The molecule has 0 bridgehead atoms. The third-order valence-electron chi connectivity index (χ3n) is 7.56. The van der Waals surface area contributed by atoms with Crippen LogP contribution in [0.3, 0.4) is 0 Å². The van der Waals surface area contributed by atoms with Gasteiger partial charge in [0, 0.05) is 47.8 Å². The van der Waals surface area contributed by atoms with E-state index in [4.69, 9.17) is 9.47 Å². The fraction of sp³-hybridized carbons (Fsp3) is 0.0256. The summed E-state index contributed by atoms with van der Waals surface area (Å²) < 4.78 is 54.1. The third kappa shape index (κ3) is 7.46. The summed E-state index contributed by atoms with van der Waals surface area (Å²) >= 11 is 0. The van der Waals surface area contributed by atoms with Crippen LogP contribution in [0.15, 0.2) is 122 Å². The second-order valence-electron chi connectivity index (χ2n) is 10.8. The quantitative estimate of drug-likeness (QED) is 0.118. The Kier molecular flexibility index (Phi) is 10.4. The molecule has 4 aromatic heterocycles. The molecule has 0 aliphatic heterocycles. The summed E-state index contributed by atoms with van der Waals surface area (Å²) in [6.07, 6.45) is 0.297. The monoisotopic (exact) mass is 859 g/mol. The van der Waals surface area contributed by atoms with E-state index in [1.165, 1.54) is 0 Å². The van der Waals surface area contributed by atoms with E-state index in [0.29, 0.717) is 34.0 Å². The van der Waals surface area contributed by atoms with Gasteiger partial charge < -0.3 is 24.0 Å². The molecule has 4 aromatic carbocycles. The van der Waals surface area contributed by atoms with Crippen molar-refractivity contribution in [3.8, 4) is 51.5 Å². The SMILES string of the molecule is FC(F)(F)c1cnc(-n2c3[c-]c(Oc4[c-]c(-c5ccccn5)ccc4)ccc3c3ccc(Oc4[c-]c(-c5ccccn5)ccc4)[c-]c32)nc1.[Pd+2].[Pd+2]. The zero-order valence-electron chi connectivity index (χ0n) is 25.9. The van der Waals surface area contributed by atoms with Gasteiger partial charge in [0.2, 0.25) is 5.95 Å². The molecule has 0 amide bonds. The number of ether oxygens (including phenoxy) is 2. The van der Waals surface area contributed by atoms with Gasteiger partial charge in [-0.15, -0.1) is 71.8 Å². The normalized spacial score (nSPS) is 11.1. The van der Waals surface area contributed by atoms with E-state index in [1.807, 2.05) is 72.8 Å². The van der Waals surface area contributed by atoms with Crippen LogP contribution >= 0.6 is 0 Å². The second kappa shape index (κ2) is 14.9. The van der Waals surface area contributed by atoms with Gasteiger partial charge in [0.15, 0.2) is 0 Å². The zero-order chi connectivity index (χ0) is 33.4. The van der Waals surface area contributed by atoms with Crippen molar-refractivity contribution in [1.82, 2.24) is 24.5 Å². The number of halogens is 3. The third-order valence-corrected chi connectivity index (χ3v) is 7.56. The molecule has 8 aromatic rings. The van der Waals surface area contributed by atoms with Gasteiger partial charge in [-0.3, -0.25) is 0 Å². The summed E-state index contributed by atoms with van der Waals surface area (Å²) in [6.45, 7) is 0. The summed E-state index contributed by atoms with van der Waals surface area (Å²) in [4.78, 5) is 16.9. The van der Waals surface area contributed by atoms with Crippen molar-refractivity contribution in [1.29, 1.82) is 0 Å².